The molecule has 1 rings (SSSR count). The van der Waals surface area contributed by atoms with Crippen molar-refractivity contribution in [3.8, 4) is 0 Å². The van der Waals surface area contributed by atoms with Crippen molar-refractivity contribution in [2.75, 3.05) is 12.3 Å². The van der Waals surface area contributed by atoms with Crippen LogP contribution >= 0.6 is 11.8 Å². The first-order valence-electron chi connectivity index (χ1n) is 4.19. The van der Waals surface area contributed by atoms with Gasteiger partial charge in [0.2, 0.25) is 0 Å². The van der Waals surface area contributed by atoms with E-state index in [4.69, 9.17) is 0 Å². The molecule has 1 saturated carbocycles. The normalized spacial score (nSPS) is 20.4. The van der Waals surface area contributed by atoms with Crippen molar-refractivity contribution in [2.24, 2.45) is 0 Å². The van der Waals surface area contributed by atoms with Crippen molar-refractivity contribution in [1.29, 1.82) is 0 Å². The van der Waals surface area contributed by atoms with Crippen LogP contribution in [0, 0.1) is 0 Å². The number of rotatable bonds is 4. The molecule has 1 N–H and O–H groups in total. The first-order chi connectivity index (χ1) is 6.66. The van der Waals surface area contributed by atoms with Crippen LogP contribution in [0.25, 0.3) is 0 Å². The van der Waals surface area contributed by atoms with Gasteiger partial charge in [0.05, 0.1) is 0 Å². The predicted octanol–water partition coefficient (Wildman–Crippen LogP) is 2.92. The highest BCUT2D eigenvalue weighted by atomic mass is 32.2. The van der Waals surface area contributed by atoms with Crippen LogP contribution in [-0.4, -0.2) is 29.5 Å². The Morgan fingerprint density at radius 3 is 1.93 bits per heavy atom. The highest BCUT2D eigenvalue weighted by Crippen LogP contribution is 2.48. The van der Waals surface area contributed by atoms with Gasteiger partial charge in [0, 0.05) is 12.3 Å². The van der Waals surface area contributed by atoms with Crippen molar-refractivity contribution in [3.63, 3.8) is 0 Å². The number of hydrogen-bond donors (Lipinski definition) is 1. The number of hydrogen-bond acceptors (Lipinski definition) is 2. The second kappa shape index (κ2) is 4.04. The summed E-state index contributed by atoms with van der Waals surface area (Å²) in [5.74, 6) is -0.401. The first-order valence-corrected chi connectivity index (χ1v) is 5.17. The Morgan fingerprint density at radius 2 is 1.60 bits per heavy atom. The minimum Gasteiger partial charge on any atom is -0.303 e. The quantitative estimate of drug-likeness (QED) is 0.610. The zero-order valence-corrected chi connectivity index (χ0v) is 8.32. The van der Waals surface area contributed by atoms with Gasteiger partial charge in [-0.15, -0.1) is 0 Å². The van der Waals surface area contributed by atoms with Crippen LogP contribution in [0.4, 0.5) is 26.3 Å². The van der Waals surface area contributed by atoms with Crippen molar-refractivity contribution in [3.05, 3.63) is 0 Å². The lowest BCUT2D eigenvalue weighted by molar-refractivity contribution is -0.165. The average Bonchev–Trinajstić information content (AvgIpc) is 2.75. The fraction of sp³-hybridized carbons (Fsp3) is 1.00. The highest BCUT2D eigenvalue weighted by Gasteiger charge is 2.62. The van der Waals surface area contributed by atoms with Crippen LogP contribution in [0.1, 0.15) is 12.8 Å². The third kappa shape index (κ3) is 3.75. The summed E-state index contributed by atoms with van der Waals surface area (Å²) in [6.45, 7) is -0.288. The summed E-state index contributed by atoms with van der Waals surface area (Å²) in [6, 6.07) is 0. The molecule has 8 heteroatoms. The molecule has 0 heterocycles. The minimum atomic E-state index is -4.38. The molecule has 0 aliphatic heterocycles. The van der Waals surface area contributed by atoms with Gasteiger partial charge in [0.15, 0.2) is 0 Å². The smallest absolute Gasteiger partial charge is 0.303 e. The summed E-state index contributed by atoms with van der Waals surface area (Å²) in [6.07, 6.45) is -4.46. The zero-order chi connectivity index (χ0) is 11.7. The molecule has 15 heavy (non-hydrogen) atoms. The SMILES string of the molecule is FC(F)(F)SCCNC1(C(F)(F)F)CC1. The molecule has 0 aromatic rings. The van der Waals surface area contributed by atoms with Gasteiger partial charge in [-0.25, -0.2) is 0 Å². The van der Waals surface area contributed by atoms with E-state index >= 15 is 0 Å². The third-order valence-corrected chi connectivity index (χ3v) is 2.86. The van der Waals surface area contributed by atoms with E-state index in [1.807, 2.05) is 0 Å². The summed E-state index contributed by atoms with van der Waals surface area (Å²) >= 11 is -0.317. The molecule has 1 fully saturated rings. The zero-order valence-electron chi connectivity index (χ0n) is 7.50. The van der Waals surface area contributed by atoms with Gasteiger partial charge in [0.25, 0.3) is 0 Å². The van der Waals surface area contributed by atoms with Crippen LogP contribution in [0.2, 0.25) is 0 Å². The fourth-order valence-corrected chi connectivity index (χ4v) is 1.58. The average molecular weight is 253 g/mol. The van der Waals surface area contributed by atoms with Crippen LogP contribution in [0.3, 0.4) is 0 Å². The molecule has 1 nitrogen and oxygen atoms in total. The van der Waals surface area contributed by atoms with Gasteiger partial charge in [-0.05, 0) is 24.6 Å². The Labute approximate surface area is 86.6 Å². The summed E-state index contributed by atoms with van der Waals surface area (Å²) in [5, 5.41) is 2.14. The van der Waals surface area contributed by atoms with Gasteiger partial charge in [-0.3, -0.25) is 0 Å². The van der Waals surface area contributed by atoms with Crippen LogP contribution < -0.4 is 5.32 Å². The monoisotopic (exact) mass is 253 g/mol. The van der Waals surface area contributed by atoms with Crippen molar-refractivity contribution < 1.29 is 26.3 Å². The molecule has 90 valence electrons. The Morgan fingerprint density at radius 1 is 1.07 bits per heavy atom. The second-order valence-corrected chi connectivity index (χ2v) is 4.46. The summed E-state index contributed by atoms with van der Waals surface area (Å²) in [7, 11) is 0. The molecule has 0 radical (unpaired) electrons. The lowest BCUT2D eigenvalue weighted by atomic mass is 10.2. The molecule has 0 bridgehead atoms. The van der Waals surface area contributed by atoms with E-state index in [0.717, 1.165) is 0 Å². The largest absolute Gasteiger partial charge is 0.441 e. The fourth-order valence-electron chi connectivity index (χ4n) is 1.14. The van der Waals surface area contributed by atoms with Gasteiger partial charge in [0.1, 0.15) is 5.54 Å². The molecule has 0 aromatic heterocycles. The molecule has 0 unspecified atom stereocenters. The summed E-state index contributed by atoms with van der Waals surface area (Å²) in [5.41, 5.74) is -6.30. The number of halogens is 6. The molecule has 0 aromatic carbocycles. The number of thioether (sulfide) groups is 1. The lowest BCUT2D eigenvalue weighted by Crippen LogP contribution is -2.45. The predicted molar refractivity (Wildman–Crippen MR) is 44.5 cm³/mol. The van der Waals surface area contributed by atoms with Crippen molar-refractivity contribution >= 4 is 11.8 Å². The Balaban J connectivity index is 2.22. The summed E-state index contributed by atoms with van der Waals surface area (Å²) < 4.78 is 71.7. The lowest BCUT2D eigenvalue weighted by Gasteiger charge is -2.20. The van der Waals surface area contributed by atoms with E-state index in [0.29, 0.717) is 0 Å². The molecule has 0 spiro atoms. The standard InChI is InChI=1S/C7H9F6NS/c8-6(9,10)5(1-2-5)14-3-4-15-7(11,12)13/h14H,1-4H2. The second-order valence-electron chi connectivity index (χ2n) is 3.30. The molecular formula is C7H9F6NS. The number of nitrogens with one attached hydrogen (secondary N) is 1. The van der Waals surface area contributed by atoms with E-state index in [2.05, 4.69) is 5.32 Å². The van der Waals surface area contributed by atoms with Gasteiger partial charge >= 0.3 is 11.7 Å². The van der Waals surface area contributed by atoms with E-state index in [-0.39, 0.29) is 31.1 Å². The van der Waals surface area contributed by atoms with E-state index in [1.54, 1.807) is 0 Å². The molecule has 0 saturated heterocycles. The molecule has 0 atom stereocenters. The topological polar surface area (TPSA) is 12.0 Å². The Bertz CT molecular complexity index is 219. The maximum atomic E-state index is 12.3. The Kier molecular flexibility index (Phi) is 3.49. The van der Waals surface area contributed by atoms with Gasteiger partial charge in [-0.1, -0.05) is 0 Å². The van der Waals surface area contributed by atoms with Gasteiger partial charge in [-0.2, -0.15) is 26.3 Å². The molecule has 1 aliphatic carbocycles. The van der Waals surface area contributed by atoms with Crippen molar-refractivity contribution in [2.45, 2.75) is 30.1 Å². The van der Waals surface area contributed by atoms with Crippen LogP contribution in [0.5, 0.6) is 0 Å². The molecule has 0 amide bonds. The van der Waals surface area contributed by atoms with Crippen LogP contribution in [0.15, 0.2) is 0 Å². The maximum Gasteiger partial charge on any atom is 0.441 e. The summed E-state index contributed by atoms with van der Waals surface area (Å²) in [4.78, 5) is 0. The minimum absolute atomic E-state index is 0.0484. The third-order valence-electron chi connectivity index (χ3n) is 2.12. The van der Waals surface area contributed by atoms with E-state index in [9.17, 15) is 26.3 Å². The highest BCUT2D eigenvalue weighted by molar-refractivity contribution is 8.00. The van der Waals surface area contributed by atoms with E-state index in [1.165, 1.54) is 0 Å². The number of alkyl halides is 6. The molecule has 1 aliphatic rings. The van der Waals surface area contributed by atoms with Gasteiger partial charge < -0.3 is 5.32 Å². The van der Waals surface area contributed by atoms with E-state index < -0.39 is 23.0 Å². The maximum absolute atomic E-state index is 12.3. The molecular weight excluding hydrogens is 244 g/mol. The first kappa shape index (κ1) is 13.0. The van der Waals surface area contributed by atoms with Crippen molar-refractivity contribution in [1.82, 2.24) is 5.32 Å². The van der Waals surface area contributed by atoms with Crippen LogP contribution in [-0.2, 0) is 0 Å². The Hall–Kier alpha value is -0.110.